The van der Waals surface area contributed by atoms with Gasteiger partial charge in [-0.25, -0.2) is 8.42 Å². The molecule has 1 unspecified atom stereocenters. The van der Waals surface area contributed by atoms with Gasteiger partial charge in [-0.2, -0.15) is 4.31 Å². The molecular formula is C11H14N2O3S. The Hall–Kier alpha value is -1.11. The molecule has 0 radical (unpaired) electrons. The van der Waals surface area contributed by atoms with E-state index < -0.39 is 10.0 Å². The van der Waals surface area contributed by atoms with Gasteiger partial charge in [0.1, 0.15) is 17.3 Å². The largest absolute Gasteiger partial charge is 0.490 e. The first kappa shape index (κ1) is 11.0. The van der Waals surface area contributed by atoms with Gasteiger partial charge in [0.25, 0.3) is 0 Å². The van der Waals surface area contributed by atoms with Crippen molar-refractivity contribution in [3.05, 3.63) is 24.3 Å². The molecule has 6 heteroatoms. The van der Waals surface area contributed by atoms with E-state index >= 15 is 0 Å². The average Bonchev–Trinajstić information content (AvgIpc) is 2.47. The number of ether oxygens (including phenoxy) is 1. The van der Waals surface area contributed by atoms with E-state index in [2.05, 4.69) is 5.32 Å². The van der Waals surface area contributed by atoms with Crippen LogP contribution in [0.15, 0.2) is 29.2 Å². The van der Waals surface area contributed by atoms with Crippen molar-refractivity contribution in [1.82, 2.24) is 9.62 Å². The molecule has 0 saturated carbocycles. The van der Waals surface area contributed by atoms with Crippen LogP contribution >= 0.6 is 0 Å². The second kappa shape index (κ2) is 3.97. The fourth-order valence-electron chi connectivity index (χ4n) is 2.30. The zero-order valence-corrected chi connectivity index (χ0v) is 10.1. The van der Waals surface area contributed by atoms with Crippen molar-refractivity contribution in [1.29, 1.82) is 0 Å². The van der Waals surface area contributed by atoms with Gasteiger partial charge in [0.05, 0.1) is 6.04 Å². The highest BCUT2D eigenvalue weighted by Gasteiger charge is 2.37. The average molecular weight is 254 g/mol. The van der Waals surface area contributed by atoms with Crippen LogP contribution in [0.25, 0.3) is 0 Å². The van der Waals surface area contributed by atoms with Crippen LogP contribution in [0, 0.1) is 0 Å². The van der Waals surface area contributed by atoms with Gasteiger partial charge in [-0.1, -0.05) is 12.1 Å². The van der Waals surface area contributed by atoms with Crippen molar-refractivity contribution in [3.63, 3.8) is 0 Å². The molecule has 0 bridgehead atoms. The Morgan fingerprint density at radius 1 is 1.35 bits per heavy atom. The van der Waals surface area contributed by atoms with Crippen LogP contribution < -0.4 is 10.1 Å². The third kappa shape index (κ3) is 1.72. The molecule has 0 amide bonds. The van der Waals surface area contributed by atoms with Crippen LogP contribution in [-0.4, -0.2) is 45.0 Å². The lowest BCUT2D eigenvalue weighted by molar-refractivity contribution is 0.187. The van der Waals surface area contributed by atoms with Crippen molar-refractivity contribution in [2.75, 3.05) is 26.2 Å². The van der Waals surface area contributed by atoms with E-state index in [-0.39, 0.29) is 10.9 Å². The Labute approximate surface area is 100 Å². The van der Waals surface area contributed by atoms with Crippen LogP contribution in [0.5, 0.6) is 5.75 Å². The minimum Gasteiger partial charge on any atom is -0.490 e. The molecule has 3 rings (SSSR count). The van der Waals surface area contributed by atoms with Crippen molar-refractivity contribution in [2.24, 2.45) is 0 Å². The van der Waals surface area contributed by atoms with E-state index in [9.17, 15) is 8.42 Å². The van der Waals surface area contributed by atoms with Crippen molar-refractivity contribution >= 4 is 10.0 Å². The maximum absolute atomic E-state index is 12.5. The molecule has 1 fully saturated rings. The fraction of sp³-hybridized carbons (Fsp3) is 0.455. The molecule has 2 aliphatic rings. The van der Waals surface area contributed by atoms with Gasteiger partial charge < -0.3 is 10.1 Å². The Morgan fingerprint density at radius 2 is 2.18 bits per heavy atom. The second-order valence-corrected chi connectivity index (χ2v) is 6.09. The zero-order chi connectivity index (χ0) is 11.9. The van der Waals surface area contributed by atoms with Crippen LogP contribution in [0.2, 0.25) is 0 Å². The molecule has 17 heavy (non-hydrogen) atoms. The molecule has 1 saturated heterocycles. The molecule has 5 nitrogen and oxygen atoms in total. The molecule has 0 spiro atoms. The third-order valence-electron chi connectivity index (χ3n) is 3.16. The van der Waals surface area contributed by atoms with Gasteiger partial charge in [-0.05, 0) is 12.1 Å². The van der Waals surface area contributed by atoms with E-state index in [1.807, 2.05) is 0 Å². The summed E-state index contributed by atoms with van der Waals surface area (Å²) < 4.78 is 32.1. The van der Waals surface area contributed by atoms with E-state index in [1.165, 1.54) is 0 Å². The summed E-state index contributed by atoms with van der Waals surface area (Å²) in [4.78, 5) is 0.282. The molecule has 1 aromatic rings. The minimum absolute atomic E-state index is 0.110. The molecule has 1 aromatic carbocycles. The van der Waals surface area contributed by atoms with Gasteiger partial charge in [0.15, 0.2) is 0 Å². The van der Waals surface area contributed by atoms with Gasteiger partial charge in [-0.15, -0.1) is 0 Å². The molecule has 0 aliphatic carbocycles. The van der Waals surface area contributed by atoms with Crippen LogP contribution in [0.4, 0.5) is 0 Å². The van der Waals surface area contributed by atoms with Gasteiger partial charge in [0.2, 0.25) is 10.0 Å². The highest BCUT2D eigenvalue weighted by Crippen LogP contribution is 2.31. The van der Waals surface area contributed by atoms with Crippen molar-refractivity contribution in [3.8, 4) is 5.75 Å². The topological polar surface area (TPSA) is 58.6 Å². The van der Waals surface area contributed by atoms with E-state index in [4.69, 9.17) is 4.74 Å². The minimum atomic E-state index is -3.41. The normalized spacial score (nSPS) is 27.4. The molecule has 1 atom stereocenters. The lowest BCUT2D eigenvalue weighted by atomic mass is 10.2. The summed E-state index contributed by atoms with van der Waals surface area (Å²) in [5.41, 5.74) is 0. The van der Waals surface area contributed by atoms with E-state index in [1.54, 1.807) is 28.6 Å². The SMILES string of the molecule is O=S1(=O)c2ccccc2OCC2CNCCN21. The number of fused-ring (bicyclic) bond motifs is 2. The molecule has 2 aliphatic heterocycles. The van der Waals surface area contributed by atoms with Gasteiger partial charge in [0, 0.05) is 19.6 Å². The summed E-state index contributed by atoms with van der Waals surface area (Å²) in [6.45, 7) is 2.25. The zero-order valence-electron chi connectivity index (χ0n) is 9.30. The molecular weight excluding hydrogens is 240 g/mol. The quantitative estimate of drug-likeness (QED) is 0.710. The summed E-state index contributed by atoms with van der Waals surface area (Å²) >= 11 is 0. The van der Waals surface area contributed by atoms with Gasteiger partial charge in [-0.3, -0.25) is 0 Å². The standard InChI is InChI=1S/C11H14N2O3S/c14-17(15)11-4-2-1-3-10(11)16-8-9-7-12-5-6-13(9)17/h1-4,9,12H,5-8H2. The lowest BCUT2D eigenvalue weighted by Crippen LogP contribution is -2.54. The summed E-state index contributed by atoms with van der Waals surface area (Å²) in [5, 5.41) is 3.19. The molecule has 0 aromatic heterocycles. The summed E-state index contributed by atoms with van der Waals surface area (Å²) in [7, 11) is -3.41. The second-order valence-electron chi connectivity index (χ2n) is 4.23. The fourth-order valence-corrected chi connectivity index (χ4v) is 4.04. The van der Waals surface area contributed by atoms with Crippen LogP contribution in [-0.2, 0) is 10.0 Å². The Balaban J connectivity index is 2.12. The third-order valence-corrected chi connectivity index (χ3v) is 5.15. The predicted molar refractivity (Wildman–Crippen MR) is 62.5 cm³/mol. The van der Waals surface area contributed by atoms with Crippen LogP contribution in [0.3, 0.4) is 0 Å². The highest BCUT2D eigenvalue weighted by atomic mass is 32.2. The van der Waals surface area contributed by atoms with Crippen molar-refractivity contribution < 1.29 is 13.2 Å². The summed E-state index contributed by atoms with van der Waals surface area (Å²) in [5.74, 6) is 0.460. The number of sulfonamides is 1. The van der Waals surface area contributed by atoms with Crippen molar-refractivity contribution in [2.45, 2.75) is 10.9 Å². The van der Waals surface area contributed by atoms with Gasteiger partial charge >= 0.3 is 0 Å². The maximum atomic E-state index is 12.5. The number of piperazine rings is 1. The van der Waals surface area contributed by atoms with E-state index in [0.29, 0.717) is 32.0 Å². The molecule has 92 valence electrons. The number of hydrogen-bond donors (Lipinski definition) is 1. The summed E-state index contributed by atoms with van der Waals surface area (Å²) in [6.07, 6.45) is 0. The first-order valence-corrected chi connectivity index (χ1v) is 7.08. The molecule has 2 heterocycles. The monoisotopic (exact) mass is 254 g/mol. The number of hydrogen-bond acceptors (Lipinski definition) is 4. The van der Waals surface area contributed by atoms with E-state index in [0.717, 1.165) is 0 Å². The lowest BCUT2D eigenvalue weighted by Gasteiger charge is -2.32. The molecule has 1 N–H and O–H groups in total. The number of nitrogens with zero attached hydrogens (tertiary/aromatic N) is 1. The summed E-state index contributed by atoms with van der Waals surface area (Å²) in [6, 6.07) is 6.72. The Morgan fingerprint density at radius 3 is 3.06 bits per heavy atom. The first-order chi connectivity index (χ1) is 8.19. The number of benzene rings is 1. The predicted octanol–water partition coefficient (Wildman–Crippen LogP) is 0.0415. The Bertz CT molecular complexity index is 529. The Kier molecular flexibility index (Phi) is 2.57. The number of para-hydroxylation sites is 1. The van der Waals surface area contributed by atoms with Crippen LogP contribution in [0.1, 0.15) is 0 Å². The smallest absolute Gasteiger partial charge is 0.247 e. The highest BCUT2D eigenvalue weighted by molar-refractivity contribution is 7.89. The maximum Gasteiger partial charge on any atom is 0.247 e. The first-order valence-electron chi connectivity index (χ1n) is 5.64. The number of nitrogens with one attached hydrogen (secondary N) is 1. The number of rotatable bonds is 0.